The fourth-order valence-corrected chi connectivity index (χ4v) is 6.98. The van der Waals surface area contributed by atoms with Gasteiger partial charge in [0.1, 0.15) is 0 Å². The lowest BCUT2D eigenvalue weighted by Gasteiger charge is -2.18. The Morgan fingerprint density at radius 3 is 0.979 bits per heavy atom. The molecule has 1 amide bonds. The summed E-state index contributed by atoms with van der Waals surface area (Å²) in [5, 5.41) is 3.10. The molecule has 0 heterocycles. The molecule has 0 radical (unpaired) electrons. The minimum atomic E-state index is -0.213. The number of nitrogens with one attached hydrogen (secondary N) is 1. The van der Waals surface area contributed by atoms with Crippen molar-refractivity contribution in [3.8, 4) is 0 Å². The molecule has 0 atom stereocenters. The topological polar surface area (TPSA) is 38.3 Å². The van der Waals surface area contributed by atoms with E-state index in [-0.39, 0.29) is 6.09 Å². The summed E-state index contributed by atoms with van der Waals surface area (Å²) in [7, 11) is 0. The standard InChI is InChI=1S/C44H89NO2/c1-5-7-9-11-13-15-17-19-21-23-25-27-29-31-33-35-37-43(41-45-44(46)47-40-39-42(3)4)38-36-34-32-30-28-26-24-22-20-18-16-14-12-10-8-6-2/h42-43H,5-41H2,1-4H3,(H,45,46). The monoisotopic (exact) mass is 664 g/mol. The molecular formula is C44H89NO2. The van der Waals surface area contributed by atoms with Gasteiger partial charge in [-0.3, -0.25) is 0 Å². The Morgan fingerprint density at radius 1 is 0.426 bits per heavy atom. The maximum atomic E-state index is 12.2. The molecule has 3 heteroatoms. The van der Waals surface area contributed by atoms with Crippen LogP contribution in [0.4, 0.5) is 4.79 Å². The first kappa shape index (κ1) is 46.3. The summed E-state index contributed by atoms with van der Waals surface area (Å²) in [4.78, 5) is 12.2. The molecule has 0 aliphatic rings. The maximum absolute atomic E-state index is 12.2. The van der Waals surface area contributed by atoms with Crippen molar-refractivity contribution >= 4 is 6.09 Å². The van der Waals surface area contributed by atoms with Crippen molar-refractivity contribution in [1.29, 1.82) is 0 Å². The van der Waals surface area contributed by atoms with Crippen LogP contribution >= 0.6 is 0 Å². The van der Waals surface area contributed by atoms with Gasteiger partial charge in [0, 0.05) is 6.54 Å². The smallest absolute Gasteiger partial charge is 0.407 e. The van der Waals surface area contributed by atoms with E-state index in [9.17, 15) is 4.79 Å². The normalized spacial score (nSPS) is 11.6. The van der Waals surface area contributed by atoms with E-state index in [2.05, 4.69) is 33.0 Å². The van der Waals surface area contributed by atoms with Crippen LogP contribution in [-0.4, -0.2) is 19.2 Å². The Bertz CT molecular complexity index is 555. The number of hydrogen-bond donors (Lipinski definition) is 1. The van der Waals surface area contributed by atoms with Crippen molar-refractivity contribution < 1.29 is 9.53 Å². The molecule has 282 valence electrons. The second kappa shape index (κ2) is 39.7. The minimum absolute atomic E-state index is 0.213. The van der Waals surface area contributed by atoms with E-state index in [0.29, 0.717) is 18.4 Å². The SMILES string of the molecule is CCCCCCCCCCCCCCCCCCC(CCCCCCCCCCCCCCCCCC)CNC(=O)OCCC(C)C. The summed E-state index contributed by atoms with van der Waals surface area (Å²) in [6.07, 6.45) is 48.6. The number of ether oxygens (including phenoxy) is 1. The molecule has 0 spiro atoms. The zero-order valence-corrected chi connectivity index (χ0v) is 33.1. The second-order valence-electron chi connectivity index (χ2n) is 15.7. The summed E-state index contributed by atoms with van der Waals surface area (Å²) in [5.74, 6) is 1.17. The maximum Gasteiger partial charge on any atom is 0.407 e. The van der Waals surface area contributed by atoms with Crippen molar-refractivity contribution in [2.45, 2.75) is 252 Å². The van der Waals surface area contributed by atoms with Crippen LogP contribution < -0.4 is 5.32 Å². The molecule has 0 aromatic heterocycles. The Hall–Kier alpha value is -0.730. The number of rotatable bonds is 39. The van der Waals surface area contributed by atoms with Gasteiger partial charge in [-0.1, -0.05) is 233 Å². The molecule has 3 nitrogen and oxygen atoms in total. The summed E-state index contributed by atoms with van der Waals surface area (Å²) >= 11 is 0. The molecule has 0 aliphatic heterocycles. The van der Waals surface area contributed by atoms with E-state index >= 15 is 0 Å². The van der Waals surface area contributed by atoms with Crippen LogP contribution in [0.1, 0.15) is 252 Å². The average molecular weight is 664 g/mol. The zero-order valence-electron chi connectivity index (χ0n) is 33.1. The highest BCUT2D eigenvalue weighted by molar-refractivity contribution is 5.67. The van der Waals surface area contributed by atoms with Crippen LogP contribution in [0.25, 0.3) is 0 Å². The average Bonchev–Trinajstić information content (AvgIpc) is 3.06. The van der Waals surface area contributed by atoms with Gasteiger partial charge in [-0.05, 0) is 31.1 Å². The fraction of sp³-hybridized carbons (Fsp3) is 0.977. The largest absolute Gasteiger partial charge is 0.450 e. The molecule has 0 unspecified atom stereocenters. The van der Waals surface area contributed by atoms with Crippen molar-refractivity contribution in [3.05, 3.63) is 0 Å². The van der Waals surface area contributed by atoms with Crippen molar-refractivity contribution in [2.75, 3.05) is 13.2 Å². The Balaban J connectivity index is 3.89. The van der Waals surface area contributed by atoms with Crippen molar-refractivity contribution in [3.63, 3.8) is 0 Å². The van der Waals surface area contributed by atoms with E-state index in [1.807, 2.05) is 0 Å². The summed E-state index contributed by atoms with van der Waals surface area (Å²) in [5.41, 5.74) is 0. The number of hydrogen-bond acceptors (Lipinski definition) is 2. The molecular weight excluding hydrogens is 574 g/mol. The highest BCUT2D eigenvalue weighted by Crippen LogP contribution is 2.20. The van der Waals surface area contributed by atoms with Gasteiger partial charge in [0.15, 0.2) is 0 Å². The van der Waals surface area contributed by atoms with Gasteiger partial charge in [0.05, 0.1) is 6.61 Å². The van der Waals surface area contributed by atoms with Crippen LogP contribution in [0.15, 0.2) is 0 Å². The molecule has 47 heavy (non-hydrogen) atoms. The highest BCUT2D eigenvalue weighted by Gasteiger charge is 2.12. The predicted octanol–water partition coefficient (Wildman–Crippen LogP) is 15.7. The first-order valence-corrected chi connectivity index (χ1v) is 22.0. The number of amides is 1. The second-order valence-corrected chi connectivity index (χ2v) is 15.7. The van der Waals surface area contributed by atoms with E-state index in [0.717, 1.165) is 13.0 Å². The van der Waals surface area contributed by atoms with Crippen LogP contribution in [0.3, 0.4) is 0 Å². The molecule has 0 aromatic carbocycles. The van der Waals surface area contributed by atoms with Gasteiger partial charge in [-0.25, -0.2) is 4.79 Å². The molecule has 1 N–H and O–H groups in total. The van der Waals surface area contributed by atoms with Gasteiger partial charge in [0.25, 0.3) is 0 Å². The predicted molar refractivity (Wildman–Crippen MR) is 211 cm³/mol. The van der Waals surface area contributed by atoms with Crippen LogP contribution in [0.2, 0.25) is 0 Å². The summed E-state index contributed by atoms with van der Waals surface area (Å²) in [6, 6.07) is 0. The lowest BCUT2D eigenvalue weighted by molar-refractivity contribution is 0.138. The Kier molecular flexibility index (Phi) is 39.1. The Morgan fingerprint density at radius 2 is 0.702 bits per heavy atom. The van der Waals surface area contributed by atoms with Crippen LogP contribution in [-0.2, 0) is 4.74 Å². The quantitative estimate of drug-likeness (QED) is 0.0665. The highest BCUT2D eigenvalue weighted by atomic mass is 16.5. The minimum Gasteiger partial charge on any atom is -0.450 e. The molecule has 0 aromatic rings. The van der Waals surface area contributed by atoms with Crippen LogP contribution in [0.5, 0.6) is 0 Å². The van der Waals surface area contributed by atoms with E-state index in [1.54, 1.807) is 0 Å². The number of unbranched alkanes of at least 4 members (excludes halogenated alkanes) is 30. The number of alkyl carbamates (subject to hydrolysis) is 1. The fourth-order valence-electron chi connectivity index (χ4n) is 6.98. The number of carbonyl (C=O) groups is 1. The van der Waals surface area contributed by atoms with E-state index in [1.165, 1.54) is 218 Å². The van der Waals surface area contributed by atoms with E-state index < -0.39 is 0 Å². The van der Waals surface area contributed by atoms with Crippen molar-refractivity contribution in [2.24, 2.45) is 11.8 Å². The molecule has 0 fully saturated rings. The van der Waals surface area contributed by atoms with Crippen molar-refractivity contribution in [1.82, 2.24) is 5.32 Å². The molecule has 0 bridgehead atoms. The lowest BCUT2D eigenvalue weighted by Crippen LogP contribution is -2.30. The van der Waals surface area contributed by atoms with Gasteiger partial charge >= 0.3 is 6.09 Å². The van der Waals surface area contributed by atoms with Crippen LogP contribution in [0, 0.1) is 11.8 Å². The zero-order chi connectivity index (χ0) is 34.3. The first-order valence-electron chi connectivity index (χ1n) is 22.0. The third kappa shape index (κ3) is 39.6. The molecule has 0 aliphatic carbocycles. The molecule has 0 saturated heterocycles. The molecule has 0 rings (SSSR count). The first-order chi connectivity index (χ1) is 23.1. The third-order valence-corrected chi connectivity index (χ3v) is 10.4. The van der Waals surface area contributed by atoms with Gasteiger partial charge in [0.2, 0.25) is 0 Å². The van der Waals surface area contributed by atoms with Gasteiger partial charge in [-0.15, -0.1) is 0 Å². The summed E-state index contributed by atoms with van der Waals surface area (Å²) in [6.45, 7) is 10.3. The van der Waals surface area contributed by atoms with E-state index in [4.69, 9.17) is 4.74 Å². The third-order valence-electron chi connectivity index (χ3n) is 10.4. The molecule has 0 saturated carbocycles. The number of carbonyl (C=O) groups excluding carboxylic acids is 1. The Labute approximate surface area is 297 Å². The van der Waals surface area contributed by atoms with Gasteiger partial charge < -0.3 is 10.1 Å². The van der Waals surface area contributed by atoms with Gasteiger partial charge in [-0.2, -0.15) is 0 Å². The summed E-state index contributed by atoms with van der Waals surface area (Å²) < 4.78 is 5.42. The lowest BCUT2D eigenvalue weighted by atomic mass is 9.94.